The molecule has 8 heteroatoms. The van der Waals surface area contributed by atoms with Crippen LogP contribution in [0.3, 0.4) is 0 Å². The van der Waals surface area contributed by atoms with Crippen LogP contribution in [-0.4, -0.2) is 35.1 Å². The highest BCUT2D eigenvalue weighted by atomic mass is 16.5. The zero-order chi connectivity index (χ0) is 21.0. The van der Waals surface area contributed by atoms with E-state index < -0.39 is 0 Å². The second kappa shape index (κ2) is 8.57. The Balaban J connectivity index is 2.17. The van der Waals surface area contributed by atoms with Crippen molar-refractivity contribution in [3.05, 3.63) is 45.4 Å². The lowest BCUT2D eigenvalue weighted by molar-refractivity contribution is -0.148. The number of carbonyl (C=O) groups is 1. The van der Waals surface area contributed by atoms with E-state index in [1.165, 1.54) is 10.5 Å². The number of rotatable bonds is 4. The Kier molecular flexibility index (Phi) is 5.94. The second-order valence-electron chi connectivity index (χ2n) is 6.86. The molecule has 2 aromatic rings. The van der Waals surface area contributed by atoms with Crippen molar-refractivity contribution < 1.29 is 9.53 Å². The molecule has 0 aliphatic carbocycles. The van der Waals surface area contributed by atoms with Gasteiger partial charge in [-0.2, -0.15) is 10.5 Å². The standard InChI is InChI=1S/C21H21N5O3/c1-3-29-21(28)16-7-5-8-25(13-16)19-17(10-15(11-22)12-23)20(27)26-9-4-6-14(2)18(26)24-19/h4,6,9-10,16H,3,5,7-8,13H2,1-2H3/t16-/m1/s1. The maximum atomic E-state index is 13.2. The Labute approximate surface area is 168 Å². The maximum absolute atomic E-state index is 13.2. The summed E-state index contributed by atoms with van der Waals surface area (Å²) < 4.78 is 6.56. The summed E-state index contributed by atoms with van der Waals surface area (Å²) in [6, 6.07) is 7.18. The number of pyridine rings is 1. The minimum Gasteiger partial charge on any atom is -0.466 e. The average Bonchev–Trinajstić information content (AvgIpc) is 2.74. The molecule has 148 valence electrons. The Morgan fingerprint density at radius 1 is 1.41 bits per heavy atom. The van der Waals surface area contributed by atoms with E-state index >= 15 is 0 Å². The monoisotopic (exact) mass is 391 g/mol. The third kappa shape index (κ3) is 3.97. The summed E-state index contributed by atoms with van der Waals surface area (Å²) in [7, 11) is 0. The predicted molar refractivity (Wildman–Crippen MR) is 107 cm³/mol. The maximum Gasteiger partial charge on any atom is 0.310 e. The number of carbonyl (C=O) groups excluding carboxylic acids is 1. The molecule has 2 aromatic heterocycles. The van der Waals surface area contributed by atoms with Crippen LogP contribution in [0.4, 0.5) is 5.82 Å². The van der Waals surface area contributed by atoms with Gasteiger partial charge in [0.05, 0.1) is 18.1 Å². The third-order valence-corrected chi connectivity index (χ3v) is 4.93. The van der Waals surface area contributed by atoms with Gasteiger partial charge in [0.15, 0.2) is 0 Å². The van der Waals surface area contributed by atoms with Gasteiger partial charge in [0, 0.05) is 19.3 Å². The normalized spacial score (nSPS) is 16.0. The van der Waals surface area contributed by atoms with Crippen molar-refractivity contribution in [2.24, 2.45) is 5.92 Å². The smallest absolute Gasteiger partial charge is 0.310 e. The van der Waals surface area contributed by atoms with Crippen LogP contribution in [-0.2, 0) is 9.53 Å². The van der Waals surface area contributed by atoms with Crippen molar-refractivity contribution in [1.29, 1.82) is 10.5 Å². The number of nitriles is 2. The van der Waals surface area contributed by atoms with Gasteiger partial charge in [-0.3, -0.25) is 14.0 Å². The van der Waals surface area contributed by atoms with Crippen LogP contribution in [0.1, 0.15) is 30.9 Å². The molecule has 29 heavy (non-hydrogen) atoms. The van der Waals surface area contributed by atoms with Crippen molar-refractivity contribution in [3.8, 4) is 12.1 Å². The van der Waals surface area contributed by atoms with Gasteiger partial charge in [0.1, 0.15) is 29.2 Å². The highest BCUT2D eigenvalue weighted by molar-refractivity contribution is 5.75. The number of hydrogen-bond donors (Lipinski definition) is 0. The Morgan fingerprint density at radius 2 is 2.17 bits per heavy atom. The molecule has 3 rings (SSSR count). The molecule has 0 unspecified atom stereocenters. The van der Waals surface area contributed by atoms with E-state index in [4.69, 9.17) is 20.2 Å². The average molecular weight is 391 g/mol. The number of aryl methyl sites for hydroxylation is 1. The summed E-state index contributed by atoms with van der Waals surface area (Å²) in [6.45, 7) is 4.91. The Bertz CT molecular complexity index is 1100. The number of esters is 1. The molecule has 0 aromatic carbocycles. The molecule has 3 heterocycles. The van der Waals surface area contributed by atoms with Crippen molar-refractivity contribution in [3.63, 3.8) is 0 Å². The molecular formula is C21H21N5O3. The largest absolute Gasteiger partial charge is 0.466 e. The van der Waals surface area contributed by atoms with E-state index in [0.29, 0.717) is 37.6 Å². The first-order valence-electron chi connectivity index (χ1n) is 9.45. The van der Waals surface area contributed by atoms with Crippen molar-refractivity contribution >= 4 is 23.5 Å². The number of piperidine rings is 1. The third-order valence-electron chi connectivity index (χ3n) is 4.93. The quantitative estimate of drug-likeness (QED) is 0.580. The fourth-order valence-electron chi connectivity index (χ4n) is 3.52. The zero-order valence-electron chi connectivity index (χ0n) is 16.4. The molecule has 1 atom stereocenters. The molecule has 0 amide bonds. The first kappa shape index (κ1) is 20.1. The molecule has 0 N–H and O–H groups in total. The first-order valence-corrected chi connectivity index (χ1v) is 9.45. The summed E-state index contributed by atoms with van der Waals surface area (Å²) in [6.07, 6.45) is 4.32. The Morgan fingerprint density at radius 3 is 2.86 bits per heavy atom. The van der Waals surface area contributed by atoms with Crippen LogP contribution in [0.2, 0.25) is 0 Å². The summed E-state index contributed by atoms with van der Waals surface area (Å²) in [5.74, 6) is -0.205. The van der Waals surface area contributed by atoms with Crippen LogP contribution in [0, 0.1) is 35.5 Å². The number of hydrogen-bond acceptors (Lipinski definition) is 7. The fraction of sp³-hybridized carbons (Fsp3) is 0.381. The first-order chi connectivity index (χ1) is 14.0. The van der Waals surface area contributed by atoms with E-state index in [9.17, 15) is 9.59 Å². The van der Waals surface area contributed by atoms with Gasteiger partial charge < -0.3 is 9.64 Å². The van der Waals surface area contributed by atoms with Crippen LogP contribution in [0.25, 0.3) is 11.7 Å². The van der Waals surface area contributed by atoms with Gasteiger partial charge in [-0.25, -0.2) is 4.98 Å². The van der Waals surface area contributed by atoms with Gasteiger partial charge in [-0.05, 0) is 44.4 Å². The number of nitrogens with zero attached hydrogens (tertiary/aromatic N) is 5. The number of allylic oxidation sites excluding steroid dienone is 1. The number of aromatic nitrogens is 2. The molecule has 1 aliphatic rings. The van der Waals surface area contributed by atoms with Crippen LogP contribution in [0.15, 0.2) is 28.7 Å². The van der Waals surface area contributed by atoms with E-state index in [1.54, 1.807) is 31.3 Å². The lowest BCUT2D eigenvalue weighted by Crippen LogP contribution is -2.41. The van der Waals surface area contributed by atoms with Crippen molar-refractivity contribution in [2.45, 2.75) is 26.7 Å². The minimum atomic E-state index is -0.366. The molecular weight excluding hydrogens is 370 g/mol. The molecule has 8 nitrogen and oxygen atoms in total. The lowest BCUT2D eigenvalue weighted by Gasteiger charge is -2.33. The van der Waals surface area contributed by atoms with Gasteiger partial charge in [0.25, 0.3) is 5.56 Å². The Hall–Kier alpha value is -3.65. The van der Waals surface area contributed by atoms with Crippen LogP contribution >= 0.6 is 0 Å². The predicted octanol–water partition coefficient (Wildman–Crippen LogP) is 2.21. The van der Waals surface area contributed by atoms with Crippen molar-refractivity contribution in [2.75, 3.05) is 24.6 Å². The van der Waals surface area contributed by atoms with E-state index in [0.717, 1.165) is 12.0 Å². The van der Waals surface area contributed by atoms with E-state index in [1.807, 2.05) is 17.9 Å². The topological polar surface area (TPSA) is 111 Å². The van der Waals surface area contributed by atoms with Gasteiger partial charge >= 0.3 is 5.97 Å². The molecule has 0 bridgehead atoms. The highest BCUT2D eigenvalue weighted by Gasteiger charge is 2.29. The second-order valence-corrected chi connectivity index (χ2v) is 6.86. The molecule has 0 spiro atoms. The fourth-order valence-corrected chi connectivity index (χ4v) is 3.52. The van der Waals surface area contributed by atoms with Crippen LogP contribution in [0.5, 0.6) is 0 Å². The summed E-state index contributed by atoms with van der Waals surface area (Å²) >= 11 is 0. The number of fused-ring (bicyclic) bond motifs is 1. The number of ether oxygens (including phenoxy) is 1. The summed E-state index contributed by atoms with van der Waals surface area (Å²) in [4.78, 5) is 32.0. The van der Waals surface area contributed by atoms with Gasteiger partial charge in [-0.1, -0.05) is 6.07 Å². The van der Waals surface area contributed by atoms with Gasteiger partial charge in [-0.15, -0.1) is 0 Å². The highest BCUT2D eigenvalue weighted by Crippen LogP contribution is 2.26. The summed E-state index contributed by atoms with van der Waals surface area (Å²) in [5.41, 5.74) is 0.932. The molecule has 0 radical (unpaired) electrons. The van der Waals surface area contributed by atoms with E-state index in [-0.39, 0.29) is 28.6 Å². The van der Waals surface area contributed by atoms with Gasteiger partial charge in [0.2, 0.25) is 0 Å². The van der Waals surface area contributed by atoms with E-state index in [2.05, 4.69) is 0 Å². The SMILES string of the molecule is CCOC(=O)[C@@H]1CCCN(c2nc3c(C)cccn3c(=O)c2C=C(C#N)C#N)C1. The zero-order valence-corrected chi connectivity index (χ0v) is 16.4. The van der Waals surface area contributed by atoms with Crippen LogP contribution < -0.4 is 10.5 Å². The summed E-state index contributed by atoms with van der Waals surface area (Å²) in [5, 5.41) is 18.3. The minimum absolute atomic E-state index is 0.163. The van der Waals surface area contributed by atoms with Crippen molar-refractivity contribution in [1.82, 2.24) is 9.38 Å². The number of anilines is 1. The molecule has 1 fully saturated rings. The molecule has 1 aliphatic heterocycles. The molecule has 0 saturated carbocycles. The lowest BCUT2D eigenvalue weighted by atomic mass is 9.97. The molecule has 1 saturated heterocycles.